The van der Waals surface area contributed by atoms with Crippen LogP contribution in [0, 0.1) is 0 Å². The zero-order valence-corrected chi connectivity index (χ0v) is 12.6. The van der Waals surface area contributed by atoms with Gasteiger partial charge in [-0.1, -0.05) is 30.4 Å². The van der Waals surface area contributed by atoms with Crippen LogP contribution in [-0.4, -0.2) is 23.3 Å². The van der Waals surface area contributed by atoms with Crippen molar-refractivity contribution < 1.29 is 4.74 Å². The molecule has 5 heteroatoms. The van der Waals surface area contributed by atoms with Gasteiger partial charge in [0, 0.05) is 6.04 Å². The molecule has 1 aliphatic rings. The Kier molecular flexibility index (Phi) is 3.87. The van der Waals surface area contributed by atoms with Gasteiger partial charge in [-0.05, 0) is 42.9 Å². The fraction of sp³-hybridized carbons (Fsp3) is 0.467. The second-order valence-electron chi connectivity index (χ2n) is 5.14. The number of hydrogen-bond donors (Lipinski definition) is 1. The van der Waals surface area contributed by atoms with Gasteiger partial charge in [0.15, 0.2) is 0 Å². The van der Waals surface area contributed by atoms with Crippen LogP contribution in [0.25, 0.3) is 0 Å². The monoisotopic (exact) mass is 289 g/mol. The lowest BCUT2D eigenvalue weighted by molar-refractivity contribution is 0.372. The topological polar surface area (TPSA) is 47.0 Å². The summed E-state index contributed by atoms with van der Waals surface area (Å²) in [7, 11) is 1.70. The van der Waals surface area contributed by atoms with Crippen LogP contribution < -0.4 is 10.1 Å². The number of rotatable bonds is 5. The molecule has 20 heavy (non-hydrogen) atoms. The molecule has 1 saturated carbocycles. The minimum absolute atomic E-state index is 0.528. The van der Waals surface area contributed by atoms with Crippen molar-refractivity contribution in [3.63, 3.8) is 0 Å². The molecule has 0 saturated heterocycles. The van der Waals surface area contributed by atoms with E-state index in [9.17, 15) is 0 Å². The Balaban J connectivity index is 1.52. The first-order chi connectivity index (χ1) is 9.78. The number of aryl methyl sites for hydroxylation is 1. The number of ether oxygens (including phenoxy) is 1. The first-order valence-corrected chi connectivity index (χ1v) is 7.83. The van der Waals surface area contributed by atoms with Gasteiger partial charge in [0.1, 0.15) is 10.8 Å². The molecule has 1 heterocycles. The Morgan fingerprint density at radius 3 is 2.60 bits per heavy atom. The van der Waals surface area contributed by atoms with Crippen molar-refractivity contribution in [3.05, 3.63) is 34.8 Å². The van der Waals surface area contributed by atoms with Gasteiger partial charge in [0.05, 0.1) is 7.11 Å². The predicted molar refractivity (Wildman–Crippen MR) is 81.7 cm³/mol. The zero-order chi connectivity index (χ0) is 13.9. The van der Waals surface area contributed by atoms with E-state index >= 15 is 0 Å². The summed E-state index contributed by atoms with van der Waals surface area (Å²) < 4.78 is 5.19. The number of anilines is 1. The van der Waals surface area contributed by atoms with Crippen LogP contribution in [-0.2, 0) is 6.42 Å². The van der Waals surface area contributed by atoms with E-state index in [1.54, 1.807) is 18.4 Å². The first kappa shape index (κ1) is 13.4. The van der Waals surface area contributed by atoms with Crippen molar-refractivity contribution in [2.75, 3.05) is 12.4 Å². The third-order valence-electron chi connectivity index (χ3n) is 3.82. The largest absolute Gasteiger partial charge is 0.497 e. The number of nitrogens with one attached hydrogen (secondary N) is 1. The molecule has 0 unspecified atom stereocenters. The third-order valence-corrected chi connectivity index (χ3v) is 4.82. The van der Waals surface area contributed by atoms with E-state index in [2.05, 4.69) is 34.6 Å². The average Bonchev–Trinajstić information content (AvgIpc) is 2.90. The van der Waals surface area contributed by atoms with E-state index in [0.717, 1.165) is 35.2 Å². The van der Waals surface area contributed by atoms with Crippen LogP contribution in [0.2, 0.25) is 0 Å². The molecule has 106 valence electrons. The summed E-state index contributed by atoms with van der Waals surface area (Å²) in [6.07, 6.45) is 3.28. The van der Waals surface area contributed by atoms with Crippen LogP contribution in [0.15, 0.2) is 24.3 Å². The maximum absolute atomic E-state index is 5.19. The highest BCUT2D eigenvalue weighted by atomic mass is 32.1. The summed E-state index contributed by atoms with van der Waals surface area (Å²) in [5.74, 6) is 1.57. The van der Waals surface area contributed by atoms with Gasteiger partial charge in [-0.2, -0.15) is 0 Å². The molecule has 0 amide bonds. The maximum Gasteiger partial charge on any atom is 0.205 e. The fourth-order valence-corrected chi connectivity index (χ4v) is 3.27. The molecule has 0 aliphatic heterocycles. The number of nitrogens with zero attached hydrogens (tertiary/aromatic N) is 2. The predicted octanol–water partition coefficient (Wildman–Crippen LogP) is 3.47. The summed E-state index contributed by atoms with van der Waals surface area (Å²) in [6, 6.07) is 8.93. The lowest BCUT2D eigenvalue weighted by Crippen LogP contribution is -2.33. The van der Waals surface area contributed by atoms with Gasteiger partial charge in [-0.3, -0.25) is 0 Å². The molecule has 0 bridgehead atoms. The molecule has 1 aromatic heterocycles. The van der Waals surface area contributed by atoms with Crippen molar-refractivity contribution in [1.29, 1.82) is 0 Å². The summed E-state index contributed by atoms with van der Waals surface area (Å²) in [4.78, 5) is 0. The second-order valence-corrected chi connectivity index (χ2v) is 6.20. The molecular weight excluding hydrogens is 270 g/mol. The molecule has 0 spiro atoms. The minimum Gasteiger partial charge on any atom is -0.497 e. The number of benzene rings is 1. The summed E-state index contributed by atoms with van der Waals surface area (Å²) >= 11 is 1.66. The minimum atomic E-state index is 0.528. The van der Waals surface area contributed by atoms with E-state index in [0.29, 0.717) is 12.0 Å². The van der Waals surface area contributed by atoms with E-state index < -0.39 is 0 Å². The summed E-state index contributed by atoms with van der Waals surface area (Å²) in [5, 5.41) is 13.8. The van der Waals surface area contributed by atoms with Crippen molar-refractivity contribution in [2.45, 2.75) is 38.1 Å². The van der Waals surface area contributed by atoms with Gasteiger partial charge in [-0.15, -0.1) is 10.2 Å². The molecular formula is C15H19N3OS. The van der Waals surface area contributed by atoms with Crippen molar-refractivity contribution in [3.8, 4) is 5.75 Å². The second kappa shape index (κ2) is 5.79. The van der Waals surface area contributed by atoms with Crippen LogP contribution in [0.3, 0.4) is 0 Å². The number of methoxy groups -OCH3 is 1. The number of aromatic nitrogens is 2. The zero-order valence-electron chi connectivity index (χ0n) is 11.8. The Bertz CT molecular complexity index is 561. The lowest BCUT2D eigenvalue weighted by atomic mass is 9.76. The summed E-state index contributed by atoms with van der Waals surface area (Å²) in [5.41, 5.74) is 1.40. The highest BCUT2D eigenvalue weighted by molar-refractivity contribution is 7.15. The van der Waals surface area contributed by atoms with Gasteiger partial charge < -0.3 is 10.1 Å². The smallest absolute Gasteiger partial charge is 0.205 e. The van der Waals surface area contributed by atoms with E-state index in [4.69, 9.17) is 4.74 Å². The van der Waals surface area contributed by atoms with Crippen molar-refractivity contribution in [1.82, 2.24) is 10.2 Å². The Morgan fingerprint density at radius 2 is 2.00 bits per heavy atom. The third kappa shape index (κ3) is 2.77. The molecule has 0 radical (unpaired) electrons. The highest BCUT2D eigenvalue weighted by Crippen LogP contribution is 2.39. The Labute approximate surface area is 123 Å². The summed E-state index contributed by atoms with van der Waals surface area (Å²) in [6.45, 7) is 2.10. The fourth-order valence-electron chi connectivity index (χ4n) is 2.51. The molecule has 1 aliphatic carbocycles. The van der Waals surface area contributed by atoms with Gasteiger partial charge in [-0.25, -0.2) is 0 Å². The highest BCUT2D eigenvalue weighted by Gasteiger charge is 2.30. The van der Waals surface area contributed by atoms with E-state index in [1.165, 1.54) is 5.56 Å². The quantitative estimate of drug-likeness (QED) is 0.915. The Hall–Kier alpha value is -1.62. The average molecular weight is 289 g/mol. The molecule has 1 fully saturated rings. The van der Waals surface area contributed by atoms with E-state index in [1.807, 2.05) is 12.1 Å². The maximum atomic E-state index is 5.19. The van der Waals surface area contributed by atoms with E-state index in [-0.39, 0.29) is 0 Å². The first-order valence-electron chi connectivity index (χ1n) is 7.01. The number of hydrogen-bond acceptors (Lipinski definition) is 5. The Morgan fingerprint density at radius 1 is 1.25 bits per heavy atom. The SMILES string of the molecule is CCc1nnc(NC2CC(c3ccc(OC)cc3)C2)s1. The molecule has 3 rings (SSSR count). The normalized spacial score (nSPS) is 21.3. The van der Waals surface area contributed by atoms with Crippen molar-refractivity contribution in [2.24, 2.45) is 0 Å². The molecule has 2 aromatic rings. The lowest BCUT2D eigenvalue weighted by Gasteiger charge is -2.36. The molecule has 1 N–H and O–H groups in total. The molecule has 1 aromatic carbocycles. The molecule has 4 nitrogen and oxygen atoms in total. The van der Waals surface area contributed by atoms with Gasteiger partial charge in [0.25, 0.3) is 0 Å². The van der Waals surface area contributed by atoms with Crippen molar-refractivity contribution >= 4 is 16.5 Å². The van der Waals surface area contributed by atoms with Gasteiger partial charge in [0.2, 0.25) is 5.13 Å². The van der Waals surface area contributed by atoms with Crippen LogP contribution in [0.5, 0.6) is 5.75 Å². The van der Waals surface area contributed by atoms with Gasteiger partial charge >= 0.3 is 0 Å². The molecule has 0 atom stereocenters. The standard InChI is InChI=1S/C15H19N3OS/c1-3-14-17-18-15(20-14)16-12-8-11(9-12)10-4-6-13(19-2)7-5-10/h4-7,11-12H,3,8-9H2,1-2H3,(H,16,18). The van der Waals surface area contributed by atoms with Crippen LogP contribution in [0.4, 0.5) is 5.13 Å². The van der Waals surface area contributed by atoms with Crippen LogP contribution >= 0.6 is 11.3 Å². The van der Waals surface area contributed by atoms with Crippen LogP contribution in [0.1, 0.15) is 36.3 Å².